The van der Waals surface area contributed by atoms with Crippen LogP contribution in [0.25, 0.3) is 0 Å². The number of Topliss-reactive ketones (excluding diaryl/α,β-unsaturated/α-hetero) is 1. The molecule has 0 aromatic heterocycles. The maximum atomic E-state index is 12.4. The standard InChI is InChI=1S/C17H15N3O3/c1-10-13(9-18)16(11-4-2-5-12(8-11)20(22)23)17-14(19-10)6-3-7-15(17)21/h2,4-5,8,13,16H,3,6-7H2,1H3/t13?,16-/m0/s1. The number of nitro groups is 1. The zero-order valence-electron chi connectivity index (χ0n) is 12.7. The Balaban J connectivity index is 2.18. The van der Waals surface area contributed by atoms with Gasteiger partial charge in [-0.2, -0.15) is 5.26 Å². The highest BCUT2D eigenvalue weighted by atomic mass is 16.6. The average Bonchev–Trinajstić information content (AvgIpc) is 2.54. The Morgan fingerprint density at radius 2 is 2.17 bits per heavy atom. The minimum absolute atomic E-state index is 0.000689. The van der Waals surface area contributed by atoms with Gasteiger partial charge in [-0.05, 0) is 25.3 Å². The smallest absolute Gasteiger partial charge is 0.269 e. The number of ketones is 1. The van der Waals surface area contributed by atoms with Gasteiger partial charge in [0.15, 0.2) is 5.78 Å². The lowest BCUT2D eigenvalue weighted by Crippen LogP contribution is -2.30. The van der Waals surface area contributed by atoms with E-state index in [4.69, 9.17) is 0 Å². The molecule has 0 bridgehead atoms. The predicted octanol–water partition coefficient (Wildman–Crippen LogP) is 3.30. The zero-order valence-corrected chi connectivity index (χ0v) is 12.7. The van der Waals surface area contributed by atoms with E-state index in [1.807, 2.05) is 0 Å². The number of aliphatic imine (C=N–C) groups is 1. The SMILES string of the molecule is CC1=NC2=C(C(=O)CCC2)[C@@H](c2cccc([N+](=O)[O-])c2)C1C#N. The predicted molar refractivity (Wildman–Crippen MR) is 83.9 cm³/mol. The fraction of sp³-hybridized carbons (Fsp3) is 0.353. The first-order chi connectivity index (χ1) is 11.0. The van der Waals surface area contributed by atoms with Gasteiger partial charge >= 0.3 is 0 Å². The van der Waals surface area contributed by atoms with Crippen LogP contribution < -0.4 is 0 Å². The molecular weight excluding hydrogens is 294 g/mol. The van der Waals surface area contributed by atoms with Gasteiger partial charge in [-0.3, -0.25) is 19.9 Å². The summed E-state index contributed by atoms with van der Waals surface area (Å²) in [6.07, 6.45) is 1.91. The van der Waals surface area contributed by atoms with E-state index < -0.39 is 16.8 Å². The number of non-ortho nitro benzene ring substituents is 1. The van der Waals surface area contributed by atoms with Crippen molar-refractivity contribution in [2.45, 2.75) is 32.1 Å². The van der Waals surface area contributed by atoms with Crippen molar-refractivity contribution in [2.75, 3.05) is 0 Å². The van der Waals surface area contributed by atoms with Crippen molar-refractivity contribution in [1.29, 1.82) is 5.26 Å². The fourth-order valence-electron chi connectivity index (χ4n) is 3.36. The van der Waals surface area contributed by atoms with E-state index in [1.54, 1.807) is 19.1 Å². The van der Waals surface area contributed by atoms with Crippen molar-refractivity contribution in [3.63, 3.8) is 0 Å². The number of nitriles is 1. The Kier molecular flexibility index (Phi) is 3.78. The Morgan fingerprint density at radius 3 is 2.87 bits per heavy atom. The summed E-state index contributed by atoms with van der Waals surface area (Å²) in [4.78, 5) is 27.5. The number of carbonyl (C=O) groups is 1. The van der Waals surface area contributed by atoms with E-state index >= 15 is 0 Å². The molecule has 1 aliphatic heterocycles. The van der Waals surface area contributed by atoms with Gasteiger partial charge in [0, 0.05) is 41.5 Å². The van der Waals surface area contributed by atoms with E-state index in [0.717, 1.165) is 12.1 Å². The number of nitro benzene ring substituents is 1. The average molecular weight is 309 g/mol. The monoisotopic (exact) mass is 309 g/mol. The highest BCUT2D eigenvalue weighted by molar-refractivity contribution is 6.02. The molecule has 6 heteroatoms. The Morgan fingerprint density at radius 1 is 1.39 bits per heavy atom. The number of benzene rings is 1. The maximum Gasteiger partial charge on any atom is 0.269 e. The van der Waals surface area contributed by atoms with E-state index in [9.17, 15) is 20.2 Å². The van der Waals surface area contributed by atoms with Gasteiger partial charge in [0.1, 0.15) is 0 Å². The van der Waals surface area contributed by atoms with Crippen molar-refractivity contribution >= 4 is 17.2 Å². The molecule has 3 rings (SSSR count). The minimum atomic E-state index is -0.571. The van der Waals surface area contributed by atoms with Gasteiger partial charge in [0.2, 0.25) is 0 Å². The number of rotatable bonds is 2. The first-order valence-corrected chi connectivity index (χ1v) is 7.48. The van der Waals surface area contributed by atoms with Gasteiger partial charge in [0.05, 0.1) is 16.9 Å². The molecule has 0 saturated heterocycles. The quantitative estimate of drug-likeness (QED) is 0.618. The van der Waals surface area contributed by atoms with Gasteiger partial charge < -0.3 is 0 Å². The second-order valence-electron chi connectivity index (χ2n) is 5.83. The first kappa shape index (κ1) is 15.1. The molecule has 1 aliphatic carbocycles. The summed E-state index contributed by atoms with van der Waals surface area (Å²) in [5.74, 6) is -1.04. The number of hydrogen-bond acceptors (Lipinski definition) is 5. The minimum Gasteiger partial charge on any atom is -0.294 e. The van der Waals surface area contributed by atoms with Gasteiger partial charge in [0.25, 0.3) is 5.69 Å². The lowest BCUT2D eigenvalue weighted by atomic mass is 9.72. The molecule has 1 unspecified atom stereocenters. The highest BCUT2D eigenvalue weighted by Crippen LogP contribution is 2.43. The maximum absolute atomic E-state index is 12.4. The molecule has 0 amide bonds. The van der Waals surface area contributed by atoms with Crippen LogP contribution >= 0.6 is 0 Å². The number of allylic oxidation sites excluding steroid dienone is 2. The van der Waals surface area contributed by atoms with Gasteiger partial charge in [-0.15, -0.1) is 0 Å². The van der Waals surface area contributed by atoms with E-state index in [-0.39, 0.29) is 11.5 Å². The molecule has 0 N–H and O–H groups in total. The normalized spacial score (nSPS) is 23.8. The van der Waals surface area contributed by atoms with Crippen molar-refractivity contribution in [3.05, 3.63) is 51.2 Å². The molecular formula is C17H15N3O3. The molecule has 1 aromatic rings. The Labute approximate surface area is 133 Å². The third kappa shape index (κ3) is 2.55. The van der Waals surface area contributed by atoms with E-state index in [1.165, 1.54) is 12.1 Å². The van der Waals surface area contributed by atoms with Crippen LogP contribution in [0.5, 0.6) is 0 Å². The van der Waals surface area contributed by atoms with Crippen LogP contribution in [-0.2, 0) is 4.79 Å². The summed E-state index contributed by atoms with van der Waals surface area (Å²) < 4.78 is 0. The molecule has 2 aliphatic rings. The second-order valence-corrected chi connectivity index (χ2v) is 5.83. The highest BCUT2D eigenvalue weighted by Gasteiger charge is 2.39. The van der Waals surface area contributed by atoms with Gasteiger partial charge in [-0.1, -0.05) is 12.1 Å². The fourth-order valence-corrected chi connectivity index (χ4v) is 3.36. The first-order valence-electron chi connectivity index (χ1n) is 7.48. The topological polar surface area (TPSA) is 96.4 Å². The largest absolute Gasteiger partial charge is 0.294 e. The van der Waals surface area contributed by atoms with Crippen LogP contribution in [-0.4, -0.2) is 16.4 Å². The van der Waals surface area contributed by atoms with Crippen LogP contribution in [0.4, 0.5) is 5.69 Å². The number of carbonyl (C=O) groups excluding carboxylic acids is 1. The molecule has 6 nitrogen and oxygen atoms in total. The molecule has 0 spiro atoms. The molecule has 0 saturated carbocycles. The third-order valence-corrected chi connectivity index (χ3v) is 4.41. The van der Waals surface area contributed by atoms with Crippen molar-refractivity contribution in [1.82, 2.24) is 0 Å². The molecule has 23 heavy (non-hydrogen) atoms. The van der Waals surface area contributed by atoms with E-state index in [2.05, 4.69) is 11.1 Å². The van der Waals surface area contributed by atoms with Crippen LogP contribution in [0.15, 0.2) is 40.5 Å². The van der Waals surface area contributed by atoms with Gasteiger partial charge in [-0.25, -0.2) is 0 Å². The van der Waals surface area contributed by atoms with Crippen LogP contribution in [0.2, 0.25) is 0 Å². The van der Waals surface area contributed by atoms with Crippen molar-refractivity contribution < 1.29 is 9.72 Å². The van der Waals surface area contributed by atoms with E-state index in [0.29, 0.717) is 29.7 Å². The molecule has 0 fully saturated rings. The lowest BCUT2D eigenvalue weighted by molar-refractivity contribution is -0.384. The molecule has 116 valence electrons. The lowest BCUT2D eigenvalue weighted by Gasteiger charge is -2.32. The molecule has 1 heterocycles. The summed E-state index contributed by atoms with van der Waals surface area (Å²) in [6, 6.07) is 8.42. The number of hydrogen-bond donors (Lipinski definition) is 0. The summed E-state index contributed by atoms with van der Waals surface area (Å²) in [5.41, 5.74) is 2.56. The third-order valence-electron chi connectivity index (χ3n) is 4.41. The zero-order chi connectivity index (χ0) is 16.6. The second kappa shape index (κ2) is 5.76. The Bertz CT molecular complexity index is 802. The van der Waals surface area contributed by atoms with Crippen molar-refractivity contribution in [3.8, 4) is 6.07 Å². The molecule has 0 radical (unpaired) electrons. The van der Waals surface area contributed by atoms with Crippen LogP contribution in [0.1, 0.15) is 37.7 Å². The summed E-state index contributed by atoms with van der Waals surface area (Å²) in [7, 11) is 0. The summed E-state index contributed by atoms with van der Waals surface area (Å²) in [5, 5.41) is 20.6. The summed E-state index contributed by atoms with van der Waals surface area (Å²) >= 11 is 0. The van der Waals surface area contributed by atoms with Crippen molar-refractivity contribution in [2.24, 2.45) is 10.9 Å². The summed E-state index contributed by atoms with van der Waals surface area (Å²) in [6.45, 7) is 1.78. The van der Waals surface area contributed by atoms with Crippen LogP contribution in [0.3, 0.4) is 0 Å². The number of nitrogens with zero attached hydrogens (tertiary/aromatic N) is 3. The molecule has 2 atom stereocenters. The van der Waals surface area contributed by atoms with Crippen LogP contribution in [0, 0.1) is 27.4 Å². The Hall–Kier alpha value is -2.81. The molecule has 1 aromatic carbocycles.